The Bertz CT molecular complexity index is 548. The zero-order valence-electron chi connectivity index (χ0n) is 10.1. The van der Waals surface area contributed by atoms with E-state index < -0.39 is 18.2 Å². The van der Waals surface area contributed by atoms with Crippen LogP contribution >= 0.6 is 0 Å². The molecule has 4 nitrogen and oxygen atoms in total. The number of aromatic carboxylic acids is 1. The number of rotatable bonds is 4. The molecule has 0 spiro atoms. The van der Waals surface area contributed by atoms with E-state index in [1.165, 1.54) is 24.3 Å². The predicted octanol–water partition coefficient (Wildman–Crippen LogP) is 2.15. The van der Waals surface area contributed by atoms with Gasteiger partial charge in [0.2, 0.25) is 0 Å². The van der Waals surface area contributed by atoms with Crippen molar-refractivity contribution in [3.63, 3.8) is 0 Å². The first-order chi connectivity index (χ1) is 9.09. The van der Waals surface area contributed by atoms with Crippen LogP contribution in [0.5, 0.6) is 0 Å². The second-order valence-corrected chi connectivity index (χ2v) is 4.23. The first kappa shape index (κ1) is 13.3. The van der Waals surface area contributed by atoms with E-state index in [9.17, 15) is 15.0 Å². The summed E-state index contributed by atoms with van der Waals surface area (Å²) in [4.78, 5) is 10.7. The second-order valence-electron chi connectivity index (χ2n) is 4.23. The molecule has 2 aromatic rings. The van der Waals surface area contributed by atoms with Crippen molar-refractivity contribution < 1.29 is 20.1 Å². The summed E-state index contributed by atoms with van der Waals surface area (Å²) in [6, 6.07) is 14.6. The predicted molar refractivity (Wildman–Crippen MR) is 69.8 cm³/mol. The minimum atomic E-state index is -1.09. The smallest absolute Gasteiger partial charge is 0.335 e. The fraction of sp³-hybridized carbons (Fsp3) is 0.133. The molecule has 4 heteroatoms. The average Bonchev–Trinajstić information content (AvgIpc) is 2.46. The summed E-state index contributed by atoms with van der Waals surface area (Å²) < 4.78 is 0. The minimum Gasteiger partial charge on any atom is -0.478 e. The number of carboxylic acid groups (broad SMARTS) is 1. The van der Waals surface area contributed by atoms with E-state index in [-0.39, 0.29) is 5.56 Å². The van der Waals surface area contributed by atoms with Crippen LogP contribution in [0.4, 0.5) is 0 Å². The van der Waals surface area contributed by atoms with Gasteiger partial charge < -0.3 is 15.3 Å². The molecule has 0 radical (unpaired) electrons. The van der Waals surface area contributed by atoms with Crippen LogP contribution in [0.3, 0.4) is 0 Å². The lowest BCUT2D eigenvalue weighted by Gasteiger charge is -2.18. The summed E-state index contributed by atoms with van der Waals surface area (Å²) >= 11 is 0. The highest BCUT2D eigenvalue weighted by atomic mass is 16.4. The fourth-order valence-corrected chi connectivity index (χ4v) is 1.84. The van der Waals surface area contributed by atoms with Crippen LogP contribution in [0.1, 0.15) is 33.7 Å². The summed E-state index contributed by atoms with van der Waals surface area (Å²) in [5.74, 6) is -1.02. The highest BCUT2D eigenvalue weighted by molar-refractivity contribution is 5.87. The van der Waals surface area contributed by atoms with Crippen molar-refractivity contribution in [2.24, 2.45) is 0 Å². The van der Waals surface area contributed by atoms with Crippen LogP contribution in [0.25, 0.3) is 0 Å². The van der Waals surface area contributed by atoms with Gasteiger partial charge in [0.15, 0.2) is 0 Å². The largest absolute Gasteiger partial charge is 0.478 e. The molecule has 0 aliphatic rings. The third-order valence-electron chi connectivity index (χ3n) is 2.94. The van der Waals surface area contributed by atoms with Crippen molar-refractivity contribution in [1.82, 2.24) is 0 Å². The highest BCUT2D eigenvalue weighted by Crippen LogP contribution is 2.28. The number of benzene rings is 2. The van der Waals surface area contributed by atoms with E-state index in [0.29, 0.717) is 11.1 Å². The zero-order valence-corrected chi connectivity index (χ0v) is 10.1. The minimum absolute atomic E-state index is 0.144. The van der Waals surface area contributed by atoms with Crippen LogP contribution in [-0.2, 0) is 0 Å². The van der Waals surface area contributed by atoms with Gasteiger partial charge in [-0.2, -0.15) is 0 Å². The molecule has 2 rings (SSSR count). The number of hydrogen-bond acceptors (Lipinski definition) is 3. The maximum Gasteiger partial charge on any atom is 0.335 e. The summed E-state index contributed by atoms with van der Waals surface area (Å²) in [7, 11) is 0. The van der Waals surface area contributed by atoms with Gasteiger partial charge in [0.25, 0.3) is 0 Å². The molecule has 0 saturated carbocycles. The van der Waals surface area contributed by atoms with Crippen molar-refractivity contribution in [3.8, 4) is 0 Å². The van der Waals surface area contributed by atoms with Gasteiger partial charge in [0, 0.05) is 0 Å². The molecular weight excluding hydrogens is 244 g/mol. The van der Waals surface area contributed by atoms with Crippen LogP contribution in [-0.4, -0.2) is 21.3 Å². The standard InChI is InChI=1S/C15H14O4/c16-13(10-4-2-1-3-5-10)14(17)11-6-8-12(9-7-11)15(18)19/h1-9,13-14,16-17H,(H,18,19)/t13-,14-/m1/s1. The van der Waals surface area contributed by atoms with Gasteiger partial charge in [-0.05, 0) is 23.3 Å². The van der Waals surface area contributed by atoms with Crippen molar-refractivity contribution in [3.05, 3.63) is 71.3 Å². The van der Waals surface area contributed by atoms with Gasteiger partial charge >= 0.3 is 5.97 Å². The molecule has 2 atom stereocenters. The topological polar surface area (TPSA) is 77.8 Å². The number of carboxylic acids is 1. The number of aliphatic hydroxyl groups is 2. The van der Waals surface area contributed by atoms with Gasteiger partial charge in [-0.1, -0.05) is 42.5 Å². The van der Waals surface area contributed by atoms with Crippen molar-refractivity contribution in [2.75, 3.05) is 0 Å². The molecule has 0 aliphatic heterocycles. The lowest BCUT2D eigenvalue weighted by molar-refractivity contribution is 0.0172. The molecule has 3 N–H and O–H groups in total. The Labute approximate surface area is 110 Å². The number of carbonyl (C=O) groups is 1. The van der Waals surface area contributed by atoms with E-state index >= 15 is 0 Å². The van der Waals surface area contributed by atoms with Crippen molar-refractivity contribution in [2.45, 2.75) is 12.2 Å². The molecule has 0 fully saturated rings. The molecule has 98 valence electrons. The Hall–Kier alpha value is -2.17. The average molecular weight is 258 g/mol. The van der Waals surface area contributed by atoms with Gasteiger partial charge in [0.1, 0.15) is 12.2 Å². The third kappa shape index (κ3) is 2.99. The van der Waals surface area contributed by atoms with Crippen LogP contribution in [0.2, 0.25) is 0 Å². The van der Waals surface area contributed by atoms with Crippen LogP contribution in [0.15, 0.2) is 54.6 Å². The Balaban J connectivity index is 2.19. The molecule has 2 aromatic carbocycles. The summed E-state index contributed by atoms with van der Waals surface area (Å²) in [6.07, 6.45) is -2.14. The van der Waals surface area contributed by atoms with Crippen molar-refractivity contribution >= 4 is 5.97 Å². The molecule has 0 aromatic heterocycles. The molecule has 0 saturated heterocycles. The van der Waals surface area contributed by atoms with E-state index in [2.05, 4.69) is 0 Å². The van der Waals surface area contributed by atoms with Gasteiger partial charge in [-0.3, -0.25) is 0 Å². The van der Waals surface area contributed by atoms with E-state index in [0.717, 1.165) is 0 Å². The Morgan fingerprint density at radius 2 is 1.26 bits per heavy atom. The third-order valence-corrected chi connectivity index (χ3v) is 2.94. The Kier molecular flexibility index (Phi) is 3.94. The summed E-state index contributed by atoms with van der Waals surface area (Å²) in [5, 5.41) is 28.9. The zero-order chi connectivity index (χ0) is 13.8. The molecule has 0 amide bonds. The second kappa shape index (κ2) is 5.65. The van der Waals surface area contributed by atoms with Gasteiger partial charge in [0.05, 0.1) is 5.56 Å². The molecular formula is C15H14O4. The SMILES string of the molecule is O=C(O)c1ccc([C@@H](O)[C@H](O)c2ccccc2)cc1. The maximum absolute atomic E-state index is 10.7. The van der Waals surface area contributed by atoms with Gasteiger partial charge in [-0.15, -0.1) is 0 Å². The van der Waals surface area contributed by atoms with Gasteiger partial charge in [-0.25, -0.2) is 4.79 Å². The fourth-order valence-electron chi connectivity index (χ4n) is 1.84. The lowest BCUT2D eigenvalue weighted by atomic mass is 9.97. The van der Waals surface area contributed by atoms with E-state index in [1.807, 2.05) is 6.07 Å². The summed E-state index contributed by atoms with van der Waals surface area (Å²) in [6.45, 7) is 0. The first-order valence-electron chi connectivity index (χ1n) is 5.84. The van der Waals surface area contributed by atoms with Crippen LogP contribution in [0, 0.1) is 0 Å². The molecule has 0 heterocycles. The monoisotopic (exact) mass is 258 g/mol. The van der Waals surface area contributed by atoms with Crippen molar-refractivity contribution in [1.29, 1.82) is 0 Å². The Morgan fingerprint density at radius 1 is 0.789 bits per heavy atom. The summed E-state index contributed by atoms with van der Waals surface area (Å²) in [5.41, 5.74) is 1.23. The Morgan fingerprint density at radius 3 is 1.74 bits per heavy atom. The normalized spacial score (nSPS) is 13.8. The van der Waals surface area contributed by atoms with Crippen LogP contribution < -0.4 is 0 Å². The molecule has 0 unspecified atom stereocenters. The maximum atomic E-state index is 10.7. The first-order valence-corrected chi connectivity index (χ1v) is 5.84. The van der Waals surface area contributed by atoms with E-state index in [4.69, 9.17) is 5.11 Å². The quantitative estimate of drug-likeness (QED) is 0.785. The number of aliphatic hydroxyl groups excluding tert-OH is 2. The molecule has 19 heavy (non-hydrogen) atoms. The highest BCUT2D eigenvalue weighted by Gasteiger charge is 2.20. The van der Waals surface area contributed by atoms with E-state index in [1.54, 1.807) is 24.3 Å². The molecule has 0 bridgehead atoms. The lowest BCUT2D eigenvalue weighted by Crippen LogP contribution is -2.10. The molecule has 0 aliphatic carbocycles. The number of hydrogen-bond donors (Lipinski definition) is 3.